The number of likely N-dealkylation sites (tertiary alicyclic amines) is 1. The summed E-state index contributed by atoms with van der Waals surface area (Å²) in [5, 5.41) is 7.25. The molecule has 0 spiro atoms. The normalized spacial score (nSPS) is 19.3. The fourth-order valence-electron chi connectivity index (χ4n) is 4.23. The van der Waals surface area contributed by atoms with Gasteiger partial charge in [-0.2, -0.15) is 0 Å². The molecule has 2 aromatic carbocycles. The minimum absolute atomic E-state index is 0. The summed E-state index contributed by atoms with van der Waals surface area (Å²) in [5.74, 6) is 0.948. The number of nitrogens with one attached hydrogen (secondary N) is 2. The van der Waals surface area contributed by atoms with E-state index in [-0.39, 0.29) is 24.0 Å². The van der Waals surface area contributed by atoms with Crippen LogP contribution in [0.5, 0.6) is 0 Å². The summed E-state index contributed by atoms with van der Waals surface area (Å²) in [6.07, 6.45) is 4.85. The highest BCUT2D eigenvalue weighted by molar-refractivity contribution is 14.0. The van der Waals surface area contributed by atoms with Crippen molar-refractivity contribution in [3.05, 3.63) is 71.8 Å². The van der Waals surface area contributed by atoms with E-state index in [4.69, 9.17) is 0 Å². The monoisotopic (exact) mass is 504 g/mol. The number of benzene rings is 2. The second-order valence-corrected chi connectivity index (χ2v) is 8.25. The van der Waals surface area contributed by atoms with Crippen LogP contribution in [-0.2, 0) is 12.0 Å². The fraction of sp³-hybridized carbons (Fsp3) is 0.458. The number of guanidine groups is 1. The van der Waals surface area contributed by atoms with Gasteiger partial charge in [0.25, 0.3) is 0 Å². The summed E-state index contributed by atoms with van der Waals surface area (Å²) >= 11 is 0. The Morgan fingerprint density at radius 2 is 1.62 bits per heavy atom. The maximum atomic E-state index is 4.47. The van der Waals surface area contributed by atoms with Crippen LogP contribution in [0.25, 0.3) is 0 Å². The van der Waals surface area contributed by atoms with E-state index in [1.54, 1.807) is 0 Å². The predicted molar refractivity (Wildman–Crippen MR) is 132 cm³/mol. The number of rotatable bonds is 6. The van der Waals surface area contributed by atoms with Gasteiger partial charge in [0.1, 0.15) is 0 Å². The van der Waals surface area contributed by atoms with Gasteiger partial charge in [-0.25, -0.2) is 0 Å². The number of hydrogen-bond acceptors (Lipinski definition) is 2. The minimum Gasteiger partial charge on any atom is -0.356 e. The molecule has 1 heterocycles. The highest BCUT2D eigenvalue weighted by atomic mass is 127. The molecule has 2 fully saturated rings. The smallest absolute Gasteiger partial charge is 0.191 e. The third kappa shape index (κ3) is 5.95. The van der Waals surface area contributed by atoms with Crippen molar-refractivity contribution in [2.24, 2.45) is 4.99 Å². The van der Waals surface area contributed by atoms with Crippen molar-refractivity contribution >= 4 is 29.9 Å². The van der Waals surface area contributed by atoms with Crippen LogP contribution in [0, 0.1) is 0 Å². The van der Waals surface area contributed by atoms with Crippen LogP contribution in [-0.4, -0.2) is 43.6 Å². The summed E-state index contributed by atoms with van der Waals surface area (Å²) < 4.78 is 0. The van der Waals surface area contributed by atoms with E-state index in [0.717, 1.165) is 45.0 Å². The summed E-state index contributed by atoms with van der Waals surface area (Å²) in [6, 6.07) is 22.2. The predicted octanol–water partition coefficient (Wildman–Crippen LogP) is 4.17. The number of halogens is 1. The van der Waals surface area contributed by atoms with Crippen LogP contribution in [0.2, 0.25) is 0 Å². The van der Waals surface area contributed by atoms with Crippen LogP contribution in [0.3, 0.4) is 0 Å². The molecule has 0 atom stereocenters. The zero-order valence-electron chi connectivity index (χ0n) is 17.3. The molecule has 1 aliphatic carbocycles. The Kier molecular flexibility index (Phi) is 7.95. The highest BCUT2D eigenvalue weighted by Gasteiger charge is 2.44. The average molecular weight is 504 g/mol. The maximum absolute atomic E-state index is 4.47. The van der Waals surface area contributed by atoms with Crippen molar-refractivity contribution in [1.29, 1.82) is 0 Å². The summed E-state index contributed by atoms with van der Waals surface area (Å²) in [6.45, 7) is 4.29. The zero-order chi connectivity index (χ0) is 19.2. The molecule has 2 aliphatic rings. The van der Waals surface area contributed by atoms with E-state index >= 15 is 0 Å². The van der Waals surface area contributed by atoms with Gasteiger partial charge in [0, 0.05) is 44.7 Å². The van der Waals surface area contributed by atoms with E-state index in [1.165, 1.54) is 24.0 Å². The minimum atomic E-state index is 0. The zero-order valence-corrected chi connectivity index (χ0v) is 19.6. The van der Waals surface area contributed by atoms with Crippen molar-refractivity contribution < 1.29 is 0 Å². The molecule has 0 bridgehead atoms. The SMILES string of the molecule is CN=C(NCC1(c2ccccc2)CC1)NC1CCN(Cc2ccccc2)CC1.I. The first-order chi connectivity index (χ1) is 13.8. The van der Waals surface area contributed by atoms with Gasteiger partial charge in [-0.05, 0) is 36.8 Å². The van der Waals surface area contributed by atoms with Gasteiger partial charge in [0.2, 0.25) is 0 Å². The third-order valence-electron chi connectivity index (χ3n) is 6.23. The summed E-state index contributed by atoms with van der Waals surface area (Å²) in [7, 11) is 1.88. The van der Waals surface area contributed by atoms with Crippen LogP contribution in [0.4, 0.5) is 0 Å². The lowest BCUT2D eigenvalue weighted by Crippen LogP contribution is -2.49. The van der Waals surface area contributed by atoms with E-state index in [2.05, 4.69) is 81.2 Å². The number of piperidine rings is 1. The van der Waals surface area contributed by atoms with Crippen molar-refractivity contribution in [2.45, 2.75) is 43.7 Å². The number of hydrogen-bond donors (Lipinski definition) is 2. The lowest BCUT2D eigenvalue weighted by molar-refractivity contribution is 0.198. The quantitative estimate of drug-likeness (QED) is 0.353. The van der Waals surface area contributed by atoms with E-state index in [0.29, 0.717) is 11.5 Å². The first kappa shape index (κ1) is 22.1. The van der Waals surface area contributed by atoms with Gasteiger partial charge < -0.3 is 10.6 Å². The molecule has 156 valence electrons. The Balaban J connectivity index is 0.00000240. The Morgan fingerprint density at radius 3 is 2.21 bits per heavy atom. The van der Waals surface area contributed by atoms with E-state index in [9.17, 15) is 0 Å². The fourth-order valence-corrected chi connectivity index (χ4v) is 4.23. The first-order valence-electron chi connectivity index (χ1n) is 10.6. The van der Waals surface area contributed by atoms with Crippen molar-refractivity contribution in [3.63, 3.8) is 0 Å². The van der Waals surface area contributed by atoms with Crippen LogP contribution in [0.15, 0.2) is 65.7 Å². The van der Waals surface area contributed by atoms with Crippen LogP contribution in [0.1, 0.15) is 36.8 Å². The molecule has 0 unspecified atom stereocenters. The molecule has 2 N–H and O–H groups in total. The molecule has 0 radical (unpaired) electrons. The third-order valence-corrected chi connectivity index (χ3v) is 6.23. The molecular formula is C24H33IN4. The first-order valence-corrected chi connectivity index (χ1v) is 10.6. The second-order valence-electron chi connectivity index (χ2n) is 8.25. The molecule has 29 heavy (non-hydrogen) atoms. The summed E-state index contributed by atoms with van der Waals surface area (Å²) in [4.78, 5) is 7.03. The summed E-state index contributed by atoms with van der Waals surface area (Å²) in [5.41, 5.74) is 3.16. The molecule has 0 amide bonds. The average Bonchev–Trinajstić information content (AvgIpc) is 3.55. The number of aliphatic imine (C=N–C) groups is 1. The molecular weight excluding hydrogens is 471 g/mol. The number of nitrogens with zero attached hydrogens (tertiary/aromatic N) is 2. The lowest BCUT2D eigenvalue weighted by Gasteiger charge is -2.33. The van der Waals surface area contributed by atoms with Gasteiger partial charge >= 0.3 is 0 Å². The van der Waals surface area contributed by atoms with Crippen LogP contribution >= 0.6 is 24.0 Å². The lowest BCUT2D eigenvalue weighted by atomic mass is 9.96. The standard InChI is InChI=1S/C24H32N4.HI/c1-25-23(26-19-24(14-15-24)21-10-6-3-7-11-21)27-22-12-16-28(17-13-22)18-20-8-4-2-5-9-20;/h2-11,22H,12-19H2,1H3,(H2,25,26,27);1H. The molecule has 1 aliphatic heterocycles. The van der Waals surface area contributed by atoms with Crippen LogP contribution < -0.4 is 10.6 Å². The van der Waals surface area contributed by atoms with Gasteiger partial charge in [-0.3, -0.25) is 9.89 Å². The maximum Gasteiger partial charge on any atom is 0.191 e. The van der Waals surface area contributed by atoms with Gasteiger partial charge in [0.05, 0.1) is 0 Å². The Morgan fingerprint density at radius 1 is 1.00 bits per heavy atom. The molecule has 0 aromatic heterocycles. The molecule has 4 rings (SSSR count). The molecule has 2 aromatic rings. The topological polar surface area (TPSA) is 39.7 Å². The Bertz CT molecular complexity index is 766. The van der Waals surface area contributed by atoms with E-state index < -0.39 is 0 Å². The van der Waals surface area contributed by atoms with Gasteiger partial charge in [-0.15, -0.1) is 24.0 Å². The van der Waals surface area contributed by atoms with Gasteiger partial charge in [-0.1, -0.05) is 60.7 Å². The Hall–Kier alpha value is -1.60. The second kappa shape index (κ2) is 10.4. The van der Waals surface area contributed by atoms with Gasteiger partial charge in [0.15, 0.2) is 5.96 Å². The van der Waals surface area contributed by atoms with Crippen molar-refractivity contribution in [2.75, 3.05) is 26.7 Å². The van der Waals surface area contributed by atoms with Crippen molar-refractivity contribution in [1.82, 2.24) is 15.5 Å². The van der Waals surface area contributed by atoms with Crippen molar-refractivity contribution in [3.8, 4) is 0 Å². The molecule has 1 saturated heterocycles. The van der Waals surface area contributed by atoms with E-state index in [1.807, 2.05) is 7.05 Å². The molecule has 4 nitrogen and oxygen atoms in total. The highest BCUT2D eigenvalue weighted by Crippen LogP contribution is 2.47. The largest absolute Gasteiger partial charge is 0.356 e. The Labute approximate surface area is 192 Å². The molecule has 1 saturated carbocycles. The molecule has 5 heteroatoms.